The second-order valence-electron chi connectivity index (χ2n) is 6.04. The van der Waals surface area contributed by atoms with Crippen molar-refractivity contribution in [2.45, 2.75) is 13.8 Å². The Bertz CT molecular complexity index is 847. The lowest BCUT2D eigenvalue weighted by molar-refractivity contribution is 0.104. The molecule has 0 aliphatic rings. The highest BCUT2D eigenvalue weighted by Gasteiger charge is 2.19. The standard InChI is InChI=1S/C22H23FO4/c1-15(2)11-12-27-21-14-18(25-3)13-20(26-4)22(21)19(24)10-7-16-5-8-17(23)9-6-16/h5-11,13-14H,12H2,1-4H3/b10-7+. The van der Waals surface area contributed by atoms with Gasteiger partial charge in [-0.15, -0.1) is 0 Å². The maximum atomic E-state index is 13.0. The molecular weight excluding hydrogens is 347 g/mol. The number of methoxy groups -OCH3 is 2. The molecule has 5 heteroatoms. The zero-order valence-electron chi connectivity index (χ0n) is 15.9. The Morgan fingerprint density at radius 2 is 1.70 bits per heavy atom. The lowest BCUT2D eigenvalue weighted by atomic mass is 10.1. The summed E-state index contributed by atoms with van der Waals surface area (Å²) < 4.78 is 29.4. The number of halogens is 1. The molecule has 0 saturated heterocycles. The van der Waals surface area contributed by atoms with Gasteiger partial charge < -0.3 is 14.2 Å². The maximum Gasteiger partial charge on any atom is 0.193 e. The number of allylic oxidation sites excluding steroid dienone is 2. The van der Waals surface area contributed by atoms with Crippen LogP contribution in [0.1, 0.15) is 29.8 Å². The van der Waals surface area contributed by atoms with Crippen molar-refractivity contribution in [3.05, 3.63) is 71.1 Å². The first-order valence-electron chi connectivity index (χ1n) is 8.44. The Kier molecular flexibility index (Phi) is 7.17. The van der Waals surface area contributed by atoms with Gasteiger partial charge in [-0.05, 0) is 43.7 Å². The molecule has 0 N–H and O–H groups in total. The number of carbonyl (C=O) groups excluding carboxylic acids is 1. The molecule has 0 heterocycles. The van der Waals surface area contributed by atoms with E-state index in [1.54, 1.807) is 30.3 Å². The van der Waals surface area contributed by atoms with E-state index in [1.807, 2.05) is 19.9 Å². The summed E-state index contributed by atoms with van der Waals surface area (Å²) in [6, 6.07) is 9.15. The average molecular weight is 370 g/mol. The van der Waals surface area contributed by atoms with Crippen LogP contribution in [0.5, 0.6) is 17.2 Å². The second-order valence-corrected chi connectivity index (χ2v) is 6.04. The number of hydrogen-bond donors (Lipinski definition) is 0. The van der Waals surface area contributed by atoms with Crippen molar-refractivity contribution in [3.8, 4) is 17.2 Å². The predicted molar refractivity (Wildman–Crippen MR) is 104 cm³/mol. The lowest BCUT2D eigenvalue weighted by Gasteiger charge is -2.14. The summed E-state index contributed by atoms with van der Waals surface area (Å²) in [5.74, 6) is 0.641. The molecule has 0 aliphatic heterocycles. The molecule has 0 aliphatic carbocycles. The van der Waals surface area contributed by atoms with E-state index >= 15 is 0 Å². The SMILES string of the molecule is COc1cc(OC)c(C(=O)/C=C/c2ccc(F)cc2)c(OCC=C(C)C)c1. The van der Waals surface area contributed by atoms with Gasteiger partial charge in [0, 0.05) is 12.1 Å². The van der Waals surface area contributed by atoms with Gasteiger partial charge >= 0.3 is 0 Å². The van der Waals surface area contributed by atoms with E-state index in [0.717, 1.165) is 5.57 Å². The van der Waals surface area contributed by atoms with E-state index in [2.05, 4.69) is 0 Å². The molecule has 0 fully saturated rings. The molecule has 4 nitrogen and oxygen atoms in total. The summed E-state index contributed by atoms with van der Waals surface area (Å²) >= 11 is 0. The van der Waals surface area contributed by atoms with Crippen LogP contribution in [0.2, 0.25) is 0 Å². The third-order valence-corrected chi connectivity index (χ3v) is 3.77. The molecule has 0 amide bonds. The zero-order chi connectivity index (χ0) is 19.8. The quantitative estimate of drug-likeness (QED) is 0.369. The van der Waals surface area contributed by atoms with Crippen molar-refractivity contribution in [2.24, 2.45) is 0 Å². The van der Waals surface area contributed by atoms with Gasteiger partial charge in [-0.1, -0.05) is 23.8 Å². The predicted octanol–water partition coefficient (Wildman–Crippen LogP) is 5.08. The van der Waals surface area contributed by atoms with Gasteiger partial charge in [0.2, 0.25) is 0 Å². The first-order valence-corrected chi connectivity index (χ1v) is 8.44. The molecule has 0 saturated carbocycles. The highest BCUT2D eigenvalue weighted by molar-refractivity contribution is 6.10. The summed E-state index contributed by atoms with van der Waals surface area (Å²) in [5, 5.41) is 0. The summed E-state index contributed by atoms with van der Waals surface area (Å²) in [7, 11) is 3.01. The third-order valence-electron chi connectivity index (χ3n) is 3.77. The van der Waals surface area contributed by atoms with Gasteiger partial charge in [-0.3, -0.25) is 4.79 Å². The first kappa shape index (κ1) is 20.2. The summed E-state index contributed by atoms with van der Waals surface area (Å²) in [6.07, 6.45) is 4.94. The van der Waals surface area contributed by atoms with Gasteiger partial charge in [-0.2, -0.15) is 0 Å². The van der Waals surface area contributed by atoms with Gasteiger partial charge in [0.15, 0.2) is 5.78 Å². The molecule has 27 heavy (non-hydrogen) atoms. The topological polar surface area (TPSA) is 44.8 Å². The van der Waals surface area contributed by atoms with Gasteiger partial charge in [0.05, 0.1) is 14.2 Å². The van der Waals surface area contributed by atoms with Crippen LogP contribution in [0.3, 0.4) is 0 Å². The number of benzene rings is 2. The van der Waals surface area contributed by atoms with Crippen molar-refractivity contribution in [2.75, 3.05) is 20.8 Å². The first-order chi connectivity index (χ1) is 12.9. The van der Waals surface area contributed by atoms with Crippen LogP contribution >= 0.6 is 0 Å². The molecule has 2 aromatic rings. The minimum atomic E-state index is -0.328. The Morgan fingerprint density at radius 3 is 2.30 bits per heavy atom. The second kappa shape index (κ2) is 9.57. The van der Waals surface area contributed by atoms with E-state index in [0.29, 0.717) is 35.0 Å². The minimum absolute atomic E-state index is 0.286. The third kappa shape index (κ3) is 5.71. The summed E-state index contributed by atoms with van der Waals surface area (Å²) in [4.78, 5) is 12.8. The van der Waals surface area contributed by atoms with Crippen molar-refractivity contribution in [3.63, 3.8) is 0 Å². The van der Waals surface area contributed by atoms with Crippen LogP contribution in [0.25, 0.3) is 6.08 Å². The van der Waals surface area contributed by atoms with Crippen molar-refractivity contribution >= 4 is 11.9 Å². The fourth-order valence-electron chi connectivity index (χ4n) is 2.33. The van der Waals surface area contributed by atoms with Gasteiger partial charge in [0.1, 0.15) is 35.2 Å². The molecule has 142 valence electrons. The molecular formula is C22H23FO4. The number of ether oxygens (including phenoxy) is 3. The van der Waals surface area contributed by atoms with Crippen molar-refractivity contribution < 1.29 is 23.4 Å². The van der Waals surface area contributed by atoms with Crippen molar-refractivity contribution in [1.82, 2.24) is 0 Å². The molecule has 2 rings (SSSR count). The largest absolute Gasteiger partial charge is 0.496 e. The van der Waals surface area contributed by atoms with Crippen LogP contribution in [0.4, 0.5) is 4.39 Å². The van der Waals surface area contributed by atoms with Crippen LogP contribution in [-0.4, -0.2) is 26.6 Å². The fourth-order valence-corrected chi connectivity index (χ4v) is 2.33. The van der Waals surface area contributed by atoms with E-state index in [4.69, 9.17) is 14.2 Å². The fraction of sp³-hybridized carbons (Fsp3) is 0.227. The lowest BCUT2D eigenvalue weighted by Crippen LogP contribution is -2.06. The molecule has 0 spiro atoms. The monoisotopic (exact) mass is 370 g/mol. The van der Waals surface area contributed by atoms with E-state index < -0.39 is 0 Å². The van der Waals surface area contributed by atoms with Crippen molar-refractivity contribution in [1.29, 1.82) is 0 Å². The van der Waals surface area contributed by atoms with Gasteiger partial charge in [-0.25, -0.2) is 4.39 Å². The Hall–Kier alpha value is -3.08. The smallest absolute Gasteiger partial charge is 0.193 e. The van der Waals surface area contributed by atoms with Crippen LogP contribution < -0.4 is 14.2 Å². The van der Waals surface area contributed by atoms with E-state index in [1.165, 1.54) is 32.4 Å². The summed E-state index contributed by atoms with van der Waals surface area (Å²) in [5.41, 5.74) is 2.12. The Morgan fingerprint density at radius 1 is 1.04 bits per heavy atom. The molecule has 2 aromatic carbocycles. The Labute approximate surface area is 158 Å². The summed E-state index contributed by atoms with van der Waals surface area (Å²) in [6.45, 7) is 4.25. The number of carbonyl (C=O) groups is 1. The maximum absolute atomic E-state index is 13.0. The number of hydrogen-bond acceptors (Lipinski definition) is 4. The average Bonchev–Trinajstić information content (AvgIpc) is 2.66. The van der Waals surface area contributed by atoms with Gasteiger partial charge in [0.25, 0.3) is 0 Å². The number of ketones is 1. The van der Waals surface area contributed by atoms with Crippen LogP contribution in [-0.2, 0) is 0 Å². The highest BCUT2D eigenvalue weighted by atomic mass is 19.1. The molecule has 0 bridgehead atoms. The van der Waals surface area contributed by atoms with Crippen LogP contribution in [0.15, 0.2) is 54.1 Å². The Balaban J connectivity index is 2.37. The van der Waals surface area contributed by atoms with Crippen LogP contribution in [0, 0.1) is 5.82 Å². The molecule has 0 atom stereocenters. The van der Waals surface area contributed by atoms with E-state index in [-0.39, 0.29) is 11.6 Å². The normalized spacial score (nSPS) is 10.6. The molecule has 0 aromatic heterocycles. The molecule has 0 unspecified atom stereocenters. The number of rotatable bonds is 8. The minimum Gasteiger partial charge on any atom is -0.496 e. The highest BCUT2D eigenvalue weighted by Crippen LogP contribution is 2.35. The molecule has 0 radical (unpaired) electrons. The van der Waals surface area contributed by atoms with E-state index in [9.17, 15) is 9.18 Å². The zero-order valence-corrected chi connectivity index (χ0v) is 15.9.